The molecule has 0 aliphatic heterocycles. The van der Waals surface area contributed by atoms with Crippen molar-refractivity contribution in [3.63, 3.8) is 0 Å². The van der Waals surface area contributed by atoms with Gasteiger partial charge in [0.2, 0.25) is 0 Å². The molecule has 1 N–H and O–H groups in total. The molecule has 0 radical (unpaired) electrons. The van der Waals surface area contributed by atoms with Gasteiger partial charge in [0.25, 0.3) is 0 Å². The third kappa shape index (κ3) is 337. The van der Waals surface area contributed by atoms with Crippen LogP contribution in [0.4, 0.5) is 0 Å². The van der Waals surface area contributed by atoms with Gasteiger partial charge in [-0.1, -0.05) is 0 Å². The molecule has 0 fully saturated rings. The van der Waals surface area contributed by atoms with Crippen LogP contribution >= 0.6 is 0 Å². The summed E-state index contributed by atoms with van der Waals surface area (Å²) in [4.78, 5) is 0. The quantitative estimate of drug-likeness (QED) is 0.425. The fourth-order valence-electron chi connectivity index (χ4n) is 0. The van der Waals surface area contributed by atoms with Gasteiger partial charge in [0.15, 0.2) is 0 Å². The minimum Gasteiger partial charge on any atom is -0.400 e. The zero-order valence-electron chi connectivity index (χ0n) is 3.76. The molecule has 0 saturated carbocycles. The van der Waals surface area contributed by atoms with Crippen molar-refractivity contribution in [2.24, 2.45) is 0 Å². The molecule has 0 bridgehead atoms. The Morgan fingerprint density at radius 3 is 1.00 bits per heavy atom. The minimum absolute atomic E-state index is 0. The van der Waals surface area contributed by atoms with Crippen molar-refractivity contribution in [3.8, 4) is 0 Å². The number of hydrogen-bond acceptors (Lipinski definition) is 5. The van der Waals surface area contributed by atoms with Gasteiger partial charge in [0.05, 0.1) is 0 Å². The predicted octanol–water partition coefficient (Wildman–Crippen LogP) is -5.15. The van der Waals surface area contributed by atoms with Crippen molar-refractivity contribution in [2.45, 2.75) is 0 Å². The Kier molecular flexibility index (Phi) is 15.6. The summed E-state index contributed by atoms with van der Waals surface area (Å²) >= 11 is 0. The van der Waals surface area contributed by atoms with Crippen LogP contribution in [-0.4, -0.2) is 12.2 Å². The first-order chi connectivity index (χ1) is 3.00. The second-order valence-corrected chi connectivity index (χ2v) is 1.13. The van der Waals surface area contributed by atoms with Crippen molar-refractivity contribution < 1.29 is 56.4 Å². The topological polar surface area (TPSA) is 112 Å². The van der Waals surface area contributed by atoms with E-state index in [1.54, 1.807) is 0 Å². The summed E-state index contributed by atoms with van der Waals surface area (Å²) in [5.74, 6) is 0. The number of aliphatic hydroxyl groups is 1. The maximum absolute atomic E-state index is 8.49. The molecular weight excluding hydrogens is 235 g/mol. The van der Waals surface area contributed by atoms with Crippen molar-refractivity contribution in [3.05, 3.63) is 0 Å². The minimum atomic E-state index is -4.94. The molecule has 0 aromatic heterocycles. The Balaban J connectivity index is -0.0000000750. The fraction of sp³-hybridized carbons (Fsp3) is 1.00. The normalized spacial score (nSPS) is 8.25. The molecule has 0 aliphatic carbocycles. The second kappa shape index (κ2) is 7.83. The van der Waals surface area contributed by atoms with Gasteiger partial charge in [-0.15, -0.1) is 10.2 Å². The Morgan fingerprint density at radius 2 is 1.00 bits per heavy atom. The van der Waals surface area contributed by atoms with Crippen LogP contribution in [0.5, 0.6) is 0 Å². The first-order valence-corrected chi connectivity index (χ1v) is 2.30. The van der Waals surface area contributed by atoms with Crippen molar-refractivity contribution >= 4 is 0 Å². The summed E-state index contributed by atoms with van der Waals surface area (Å²) < 4.78 is 34.0. The molecule has 0 aromatic rings. The Hall–Kier alpha value is 0.830. The zero-order valence-corrected chi connectivity index (χ0v) is 6.00. The molecule has 0 unspecified atom stereocenters. The van der Waals surface area contributed by atoms with Gasteiger partial charge in [-0.3, -0.25) is 0 Å². The Bertz CT molecular complexity index is 27.9. The first kappa shape index (κ1) is 15.9. The van der Waals surface area contributed by atoms with Gasteiger partial charge >= 0.3 is 22.4 Å². The van der Waals surface area contributed by atoms with Gasteiger partial charge in [-0.2, -0.15) is 0 Å². The molecule has 8 heavy (non-hydrogen) atoms. The Morgan fingerprint density at radius 1 is 1.00 bits per heavy atom. The van der Waals surface area contributed by atoms with Crippen LogP contribution in [0, 0.1) is 10.2 Å². The molecule has 0 heterocycles. The number of aliphatic hydroxyl groups excluding tert-OH is 1. The summed E-state index contributed by atoms with van der Waals surface area (Å²) in [7, 11) is -3.94. The second-order valence-electron chi connectivity index (χ2n) is 0.378. The standard InChI is InChI=1S/CH4O.Ag.ClHO4/c1-2;;2-1(3,4)5/h2H,1H3;;(H,2,3,4,5)/q;+1;/p-1. The van der Waals surface area contributed by atoms with Gasteiger partial charge in [-0.05, 0) is 0 Å². The first-order valence-electron chi connectivity index (χ1n) is 1.06. The van der Waals surface area contributed by atoms with Gasteiger partial charge in [-0.25, -0.2) is 18.6 Å². The van der Waals surface area contributed by atoms with Crippen LogP contribution in [0.1, 0.15) is 0 Å². The SMILES string of the molecule is CO.[Ag+].[O-][Cl+3]([O-])([O-])[O-]. The van der Waals surface area contributed by atoms with Crippen LogP contribution in [0.3, 0.4) is 0 Å². The molecular formula is CH4AgClO5. The third-order valence-corrected chi connectivity index (χ3v) is 0. The number of halogens is 1. The van der Waals surface area contributed by atoms with E-state index in [4.69, 9.17) is 23.7 Å². The molecule has 0 amide bonds. The van der Waals surface area contributed by atoms with E-state index in [0.717, 1.165) is 7.11 Å². The predicted molar refractivity (Wildman–Crippen MR) is 8.14 cm³/mol. The van der Waals surface area contributed by atoms with Crippen molar-refractivity contribution in [1.29, 1.82) is 0 Å². The molecule has 56 valence electrons. The number of rotatable bonds is 0. The molecule has 0 aliphatic rings. The summed E-state index contributed by atoms with van der Waals surface area (Å²) in [6.45, 7) is 0. The summed E-state index contributed by atoms with van der Waals surface area (Å²) in [6.07, 6.45) is 0. The van der Waals surface area contributed by atoms with Crippen molar-refractivity contribution in [1.82, 2.24) is 0 Å². The van der Waals surface area contributed by atoms with Gasteiger partial charge < -0.3 is 5.11 Å². The molecule has 0 spiro atoms. The molecule has 0 rings (SSSR count). The van der Waals surface area contributed by atoms with E-state index in [-0.39, 0.29) is 22.4 Å². The zero-order chi connectivity index (χ0) is 6.50. The molecule has 0 aromatic carbocycles. The number of hydrogen-bond donors (Lipinski definition) is 1. The summed E-state index contributed by atoms with van der Waals surface area (Å²) in [5.41, 5.74) is 0. The van der Waals surface area contributed by atoms with Crippen LogP contribution in [0.2, 0.25) is 0 Å². The summed E-state index contributed by atoms with van der Waals surface area (Å²) in [6, 6.07) is 0. The van der Waals surface area contributed by atoms with Crippen LogP contribution in [-0.2, 0) is 22.4 Å². The third-order valence-electron chi connectivity index (χ3n) is 0. The van der Waals surface area contributed by atoms with Gasteiger partial charge in [0, 0.05) is 7.11 Å². The average Bonchev–Trinajstić information content (AvgIpc) is 1.36. The maximum atomic E-state index is 8.49. The van der Waals surface area contributed by atoms with E-state index in [1.165, 1.54) is 0 Å². The smallest absolute Gasteiger partial charge is 0.400 e. The van der Waals surface area contributed by atoms with Crippen LogP contribution in [0.25, 0.3) is 0 Å². The van der Waals surface area contributed by atoms with Crippen LogP contribution in [0.15, 0.2) is 0 Å². The molecule has 7 heteroatoms. The van der Waals surface area contributed by atoms with E-state index < -0.39 is 10.2 Å². The summed E-state index contributed by atoms with van der Waals surface area (Å²) in [5, 5.41) is 7.00. The Labute approximate surface area is 63.8 Å². The largest absolute Gasteiger partial charge is 1.00 e. The van der Waals surface area contributed by atoms with E-state index in [2.05, 4.69) is 0 Å². The fourth-order valence-corrected chi connectivity index (χ4v) is 0. The van der Waals surface area contributed by atoms with Gasteiger partial charge in [0.1, 0.15) is 0 Å². The van der Waals surface area contributed by atoms with E-state index in [9.17, 15) is 0 Å². The maximum Gasteiger partial charge on any atom is 1.00 e. The monoisotopic (exact) mass is 238 g/mol. The molecule has 5 nitrogen and oxygen atoms in total. The average molecular weight is 239 g/mol. The molecule has 0 saturated heterocycles. The van der Waals surface area contributed by atoms with E-state index in [1.807, 2.05) is 0 Å². The van der Waals surface area contributed by atoms with Crippen molar-refractivity contribution in [2.75, 3.05) is 7.11 Å². The van der Waals surface area contributed by atoms with E-state index >= 15 is 0 Å². The molecule has 0 atom stereocenters. The van der Waals surface area contributed by atoms with Crippen LogP contribution < -0.4 is 18.6 Å². The van der Waals surface area contributed by atoms with E-state index in [0.29, 0.717) is 0 Å².